The zero-order valence-corrected chi connectivity index (χ0v) is 22.1. The van der Waals surface area contributed by atoms with E-state index in [1.54, 1.807) is 0 Å². The molecule has 0 spiro atoms. The monoisotopic (exact) mass is 624 g/mol. The molecule has 2 aromatic carbocycles. The van der Waals surface area contributed by atoms with Crippen LogP contribution >= 0.6 is 0 Å². The third kappa shape index (κ3) is 14.0. The molecular formula is C21H22F6N2O9S2. The van der Waals surface area contributed by atoms with Crippen LogP contribution in [0.1, 0.15) is 17.5 Å². The maximum atomic E-state index is 13.1. The summed E-state index contributed by atoms with van der Waals surface area (Å²) in [5.74, 6) is 0.472. The summed E-state index contributed by atoms with van der Waals surface area (Å²) in [7, 11) is -7.90. The SMILES string of the molecule is CS(=O)(=O)O.CS(=O)(=O)O/N=C(\c1ccc(OCCCOc2ccc(/C(=N/O)C(F)(F)F)cc2)cc1)C(F)(F)F. The molecule has 2 aromatic rings. The van der Waals surface area contributed by atoms with E-state index >= 15 is 0 Å². The lowest BCUT2D eigenvalue weighted by Crippen LogP contribution is -2.24. The van der Waals surface area contributed by atoms with Crippen LogP contribution in [-0.4, -0.2) is 76.1 Å². The zero-order valence-electron chi connectivity index (χ0n) is 20.5. The van der Waals surface area contributed by atoms with Crippen LogP contribution in [0.2, 0.25) is 0 Å². The van der Waals surface area contributed by atoms with Gasteiger partial charge in [-0.25, -0.2) is 0 Å². The number of rotatable bonds is 10. The standard InChI is InChI=1S/C20H18F6N2O6S.CH4O3S/c1-35(30,31)34-28-18(20(24,25)26)14-5-9-16(10-6-14)33-12-2-11-32-15-7-3-13(4-8-15)17(27-29)19(21,22)23;1-5(2,3)4/h3-10,29H,2,11-12H2,1H3;1H3,(H,2,3,4)/b27-17-,28-18+;. The molecule has 0 bridgehead atoms. The second kappa shape index (κ2) is 14.2. The Bertz CT molecular complexity index is 1370. The van der Waals surface area contributed by atoms with Crippen molar-refractivity contribution in [2.24, 2.45) is 10.3 Å². The van der Waals surface area contributed by atoms with Crippen molar-refractivity contribution in [3.63, 3.8) is 0 Å². The summed E-state index contributed by atoms with van der Waals surface area (Å²) in [4.78, 5) is 0. The quantitative estimate of drug-likeness (QED) is 0.0994. The van der Waals surface area contributed by atoms with Crippen LogP contribution in [0.3, 0.4) is 0 Å². The van der Waals surface area contributed by atoms with Gasteiger partial charge >= 0.3 is 22.5 Å². The lowest BCUT2D eigenvalue weighted by atomic mass is 10.1. The summed E-state index contributed by atoms with van der Waals surface area (Å²) >= 11 is 0. The first-order valence-corrected chi connectivity index (χ1v) is 14.1. The molecule has 0 fully saturated rings. The number of nitrogens with zero attached hydrogens (tertiary/aromatic N) is 2. The molecule has 2 N–H and O–H groups in total. The topological polar surface area (TPSA) is 161 Å². The van der Waals surface area contributed by atoms with Gasteiger partial charge in [0.05, 0.1) is 25.7 Å². The molecule has 19 heteroatoms. The number of hydrogen-bond acceptors (Lipinski definition) is 10. The molecule has 0 aromatic heterocycles. The maximum Gasteiger partial charge on any atom is 0.437 e. The summed E-state index contributed by atoms with van der Waals surface area (Å²) in [6.07, 6.45) is -8.20. The third-order valence-electron chi connectivity index (χ3n) is 3.98. The molecule has 11 nitrogen and oxygen atoms in total. The first-order chi connectivity index (χ1) is 18.2. The van der Waals surface area contributed by atoms with E-state index in [1.807, 2.05) is 0 Å². The fourth-order valence-corrected chi connectivity index (χ4v) is 2.72. The van der Waals surface area contributed by atoms with E-state index in [1.165, 1.54) is 24.3 Å². The van der Waals surface area contributed by atoms with Gasteiger partial charge in [-0.15, -0.1) is 0 Å². The molecule has 0 aliphatic carbocycles. The molecule has 2 rings (SSSR count). The number of alkyl halides is 6. The largest absolute Gasteiger partial charge is 0.493 e. The minimum absolute atomic E-state index is 0.101. The highest BCUT2D eigenvalue weighted by molar-refractivity contribution is 7.86. The number of hydrogen-bond donors (Lipinski definition) is 2. The molecule has 0 saturated heterocycles. The van der Waals surface area contributed by atoms with Gasteiger partial charge in [0.25, 0.3) is 10.1 Å². The van der Waals surface area contributed by atoms with E-state index in [0.717, 1.165) is 24.3 Å². The fraction of sp³-hybridized carbons (Fsp3) is 0.333. The Morgan fingerprint density at radius 3 is 1.40 bits per heavy atom. The molecule has 0 atom stereocenters. The first kappa shape index (κ1) is 34.4. The van der Waals surface area contributed by atoms with Crippen molar-refractivity contribution in [1.82, 2.24) is 0 Å². The molecule has 0 unspecified atom stereocenters. The Hall–Kier alpha value is -3.58. The predicted molar refractivity (Wildman–Crippen MR) is 129 cm³/mol. The van der Waals surface area contributed by atoms with Crippen LogP contribution in [-0.2, 0) is 24.5 Å². The molecule has 0 heterocycles. The minimum Gasteiger partial charge on any atom is -0.493 e. The van der Waals surface area contributed by atoms with Gasteiger partial charge in [0.15, 0.2) is 11.4 Å². The van der Waals surface area contributed by atoms with Gasteiger partial charge in [0, 0.05) is 17.5 Å². The number of oxime groups is 2. The van der Waals surface area contributed by atoms with Crippen molar-refractivity contribution < 1.29 is 66.7 Å². The van der Waals surface area contributed by atoms with E-state index in [0.29, 0.717) is 18.9 Å². The first-order valence-electron chi connectivity index (χ1n) is 10.4. The van der Waals surface area contributed by atoms with E-state index < -0.39 is 49.6 Å². The van der Waals surface area contributed by atoms with Crippen LogP contribution < -0.4 is 9.47 Å². The Labute approximate surface area is 224 Å². The highest BCUT2D eigenvalue weighted by Crippen LogP contribution is 2.25. The summed E-state index contributed by atoms with van der Waals surface area (Å²) in [6, 6.07) is 9.17. The van der Waals surface area contributed by atoms with Crippen LogP contribution in [0.5, 0.6) is 11.5 Å². The lowest BCUT2D eigenvalue weighted by Gasteiger charge is -2.12. The van der Waals surface area contributed by atoms with Gasteiger partial charge < -0.3 is 14.7 Å². The van der Waals surface area contributed by atoms with Crippen LogP contribution in [0.4, 0.5) is 26.3 Å². The molecule has 0 radical (unpaired) electrons. The predicted octanol–water partition coefficient (Wildman–Crippen LogP) is 4.02. The van der Waals surface area contributed by atoms with Crippen molar-refractivity contribution in [2.75, 3.05) is 25.7 Å². The van der Waals surface area contributed by atoms with Gasteiger partial charge in [0.1, 0.15) is 11.5 Å². The van der Waals surface area contributed by atoms with Crippen LogP contribution in [0, 0.1) is 0 Å². The molecule has 224 valence electrons. The molecule has 0 amide bonds. The number of benzene rings is 2. The summed E-state index contributed by atoms with van der Waals surface area (Å²) in [5, 5.41) is 13.5. The van der Waals surface area contributed by atoms with E-state index in [-0.39, 0.29) is 30.3 Å². The zero-order chi connectivity index (χ0) is 30.8. The third-order valence-corrected chi connectivity index (χ3v) is 4.33. The molecule has 0 aliphatic rings. The number of ether oxygens (including phenoxy) is 2. The van der Waals surface area contributed by atoms with Gasteiger partial charge in [-0.1, -0.05) is 10.3 Å². The average molecular weight is 625 g/mol. The lowest BCUT2D eigenvalue weighted by molar-refractivity contribution is -0.0608. The molecule has 0 saturated carbocycles. The molecule has 40 heavy (non-hydrogen) atoms. The van der Waals surface area contributed by atoms with Gasteiger partial charge in [-0.2, -0.15) is 43.2 Å². The Morgan fingerprint density at radius 1 is 0.750 bits per heavy atom. The van der Waals surface area contributed by atoms with Crippen LogP contribution in [0.15, 0.2) is 58.8 Å². The molecular weight excluding hydrogens is 602 g/mol. The second-order valence-electron chi connectivity index (χ2n) is 7.49. The van der Waals surface area contributed by atoms with Crippen molar-refractivity contribution in [1.29, 1.82) is 0 Å². The minimum atomic E-state index is -4.97. The van der Waals surface area contributed by atoms with Gasteiger partial charge in [-0.05, 0) is 48.5 Å². The normalized spacial score (nSPS) is 13.2. The van der Waals surface area contributed by atoms with E-state index in [9.17, 15) is 43.2 Å². The summed E-state index contributed by atoms with van der Waals surface area (Å²) in [6.45, 7) is 0.218. The Balaban J connectivity index is 0.00000146. The van der Waals surface area contributed by atoms with Gasteiger partial charge in [0.2, 0.25) is 0 Å². The second-order valence-corrected chi connectivity index (χ2v) is 10.5. The van der Waals surface area contributed by atoms with Crippen molar-refractivity contribution in [3.05, 3.63) is 59.7 Å². The van der Waals surface area contributed by atoms with Crippen molar-refractivity contribution in [3.8, 4) is 11.5 Å². The van der Waals surface area contributed by atoms with E-state index in [4.69, 9.17) is 19.2 Å². The molecule has 0 aliphatic heterocycles. The van der Waals surface area contributed by atoms with Crippen molar-refractivity contribution >= 4 is 31.7 Å². The number of halogens is 6. The Morgan fingerprint density at radius 2 is 1.10 bits per heavy atom. The highest BCUT2D eigenvalue weighted by Gasteiger charge is 2.38. The Kier molecular flexibility index (Phi) is 12.2. The fourth-order valence-electron chi connectivity index (χ4n) is 2.51. The van der Waals surface area contributed by atoms with E-state index in [2.05, 4.69) is 14.6 Å². The summed E-state index contributed by atoms with van der Waals surface area (Å²) < 4.78 is 140. The summed E-state index contributed by atoms with van der Waals surface area (Å²) in [5.41, 5.74) is -3.78. The maximum absolute atomic E-state index is 13.1. The van der Waals surface area contributed by atoms with Crippen LogP contribution in [0.25, 0.3) is 0 Å². The van der Waals surface area contributed by atoms with Gasteiger partial charge in [-0.3, -0.25) is 8.84 Å². The highest BCUT2D eigenvalue weighted by atomic mass is 32.2. The smallest absolute Gasteiger partial charge is 0.437 e. The van der Waals surface area contributed by atoms with Crippen molar-refractivity contribution in [2.45, 2.75) is 18.8 Å². The average Bonchev–Trinajstić information content (AvgIpc) is 2.77.